The zero-order valence-corrected chi connectivity index (χ0v) is 8.35. The first-order chi connectivity index (χ1) is 6.24. The maximum atomic E-state index is 10.5. The van der Waals surface area contributed by atoms with E-state index in [2.05, 4.69) is 0 Å². The fourth-order valence-electron chi connectivity index (χ4n) is 1.56. The smallest absolute Gasteiger partial charge is 0.123 e. The molecule has 1 aromatic rings. The van der Waals surface area contributed by atoms with Gasteiger partial charge < -0.3 is 4.79 Å². The van der Waals surface area contributed by atoms with E-state index in [-0.39, 0.29) is 11.8 Å². The normalized spacial score (nSPS) is 25.7. The molecule has 1 aromatic carbocycles. The van der Waals surface area contributed by atoms with E-state index < -0.39 is 0 Å². The number of benzene rings is 1. The van der Waals surface area contributed by atoms with Gasteiger partial charge in [0, 0.05) is 16.0 Å². The lowest BCUT2D eigenvalue weighted by atomic mass is 10.1. The SMILES string of the molecule is O=C[C@H]1C[C@H]1c1c(Cl)cccc1Cl. The molecule has 0 unspecified atom stereocenters. The second-order valence-corrected chi connectivity index (χ2v) is 4.09. The molecule has 0 aromatic heterocycles. The summed E-state index contributed by atoms with van der Waals surface area (Å²) < 4.78 is 0. The van der Waals surface area contributed by atoms with Crippen LogP contribution in [0.25, 0.3) is 0 Å². The molecule has 1 fully saturated rings. The van der Waals surface area contributed by atoms with Crippen LogP contribution >= 0.6 is 23.2 Å². The summed E-state index contributed by atoms with van der Waals surface area (Å²) in [6, 6.07) is 5.43. The first kappa shape index (κ1) is 9.04. The molecule has 1 nitrogen and oxygen atoms in total. The van der Waals surface area contributed by atoms with Crippen LogP contribution in [0.1, 0.15) is 17.9 Å². The van der Waals surface area contributed by atoms with E-state index in [1.165, 1.54) is 0 Å². The Morgan fingerprint density at radius 3 is 2.38 bits per heavy atom. The molecule has 0 amide bonds. The maximum Gasteiger partial charge on any atom is 0.123 e. The van der Waals surface area contributed by atoms with Gasteiger partial charge in [0.15, 0.2) is 0 Å². The molecule has 1 saturated carbocycles. The van der Waals surface area contributed by atoms with E-state index in [9.17, 15) is 4.79 Å². The number of aldehydes is 1. The van der Waals surface area contributed by atoms with Gasteiger partial charge in [-0.3, -0.25) is 0 Å². The summed E-state index contributed by atoms with van der Waals surface area (Å²) >= 11 is 12.0. The molecule has 0 spiro atoms. The Labute approximate surface area is 86.7 Å². The van der Waals surface area contributed by atoms with E-state index in [1.54, 1.807) is 0 Å². The van der Waals surface area contributed by atoms with E-state index >= 15 is 0 Å². The van der Waals surface area contributed by atoms with Crippen molar-refractivity contribution in [3.05, 3.63) is 33.8 Å². The standard InChI is InChI=1S/C10H8Cl2O/c11-8-2-1-3-9(12)10(8)7-4-6(7)5-13/h1-3,5-7H,4H2/t6-,7-/m1/s1. The van der Waals surface area contributed by atoms with Crippen molar-refractivity contribution in [1.29, 1.82) is 0 Å². The van der Waals surface area contributed by atoms with Crippen molar-refractivity contribution < 1.29 is 4.79 Å². The molecule has 68 valence electrons. The summed E-state index contributed by atoms with van der Waals surface area (Å²) in [5.74, 6) is 0.371. The van der Waals surface area contributed by atoms with E-state index in [1.807, 2.05) is 18.2 Å². The quantitative estimate of drug-likeness (QED) is 0.691. The van der Waals surface area contributed by atoms with Crippen LogP contribution in [0.2, 0.25) is 10.0 Å². The molecule has 0 bridgehead atoms. The van der Waals surface area contributed by atoms with Gasteiger partial charge >= 0.3 is 0 Å². The summed E-state index contributed by atoms with van der Waals surface area (Å²) in [5.41, 5.74) is 0.933. The van der Waals surface area contributed by atoms with Crippen LogP contribution in [0.3, 0.4) is 0 Å². The molecule has 1 aliphatic rings. The predicted octanol–water partition coefficient (Wildman–Crippen LogP) is 3.30. The van der Waals surface area contributed by atoms with Crippen LogP contribution in [-0.4, -0.2) is 6.29 Å². The molecule has 1 aliphatic carbocycles. The van der Waals surface area contributed by atoms with E-state index in [0.29, 0.717) is 10.0 Å². The van der Waals surface area contributed by atoms with Crippen molar-refractivity contribution in [3.8, 4) is 0 Å². The highest BCUT2D eigenvalue weighted by Crippen LogP contribution is 2.50. The number of carbonyl (C=O) groups is 1. The minimum atomic E-state index is 0.123. The Hall–Kier alpha value is -0.530. The van der Waals surface area contributed by atoms with Gasteiger partial charge in [-0.1, -0.05) is 29.3 Å². The highest BCUT2D eigenvalue weighted by atomic mass is 35.5. The molecule has 3 heteroatoms. The van der Waals surface area contributed by atoms with Crippen LogP contribution in [0, 0.1) is 5.92 Å². The third-order valence-corrected chi connectivity index (χ3v) is 3.04. The van der Waals surface area contributed by atoms with Crippen LogP contribution in [0.5, 0.6) is 0 Å². The lowest BCUT2D eigenvalue weighted by Crippen LogP contribution is -1.87. The van der Waals surface area contributed by atoms with Crippen molar-refractivity contribution in [3.63, 3.8) is 0 Å². The summed E-state index contributed by atoms with van der Waals surface area (Å²) in [5, 5.41) is 1.34. The molecule has 0 N–H and O–H groups in total. The van der Waals surface area contributed by atoms with E-state index in [4.69, 9.17) is 23.2 Å². The molecule has 0 saturated heterocycles. The van der Waals surface area contributed by atoms with Crippen molar-refractivity contribution in [2.75, 3.05) is 0 Å². The average Bonchev–Trinajstić information content (AvgIpc) is 2.83. The lowest BCUT2D eigenvalue weighted by Gasteiger charge is -2.03. The predicted molar refractivity (Wildman–Crippen MR) is 53.4 cm³/mol. The minimum Gasteiger partial charge on any atom is -0.303 e. The number of hydrogen-bond acceptors (Lipinski definition) is 1. The summed E-state index contributed by atoms with van der Waals surface area (Å²) in [6.07, 6.45) is 1.86. The highest BCUT2D eigenvalue weighted by molar-refractivity contribution is 6.36. The van der Waals surface area contributed by atoms with Crippen LogP contribution < -0.4 is 0 Å². The van der Waals surface area contributed by atoms with Crippen molar-refractivity contribution in [2.45, 2.75) is 12.3 Å². The number of hydrogen-bond donors (Lipinski definition) is 0. The molecule has 2 atom stereocenters. The fourth-order valence-corrected chi connectivity index (χ4v) is 2.24. The van der Waals surface area contributed by atoms with Crippen LogP contribution in [-0.2, 0) is 4.79 Å². The molecular weight excluding hydrogens is 207 g/mol. The maximum absolute atomic E-state index is 10.5. The van der Waals surface area contributed by atoms with Crippen LogP contribution in [0.4, 0.5) is 0 Å². The zero-order chi connectivity index (χ0) is 9.42. The van der Waals surface area contributed by atoms with Crippen LogP contribution in [0.15, 0.2) is 18.2 Å². The third kappa shape index (κ3) is 1.59. The summed E-state index contributed by atoms with van der Waals surface area (Å²) in [6.45, 7) is 0. The Kier molecular flexibility index (Phi) is 2.31. The van der Waals surface area contributed by atoms with Crippen molar-refractivity contribution >= 4 is 29.5 Å². The van der Waals surface area contributed by atoms with Gasteiger partial charge in [-0.25, -0.2) is 0 Å². The molecular formula is C10H8Cl2O. The van der Waals surface area contributed by atoms with Crippen molar-refractivity contribution in [1.82, 2.24) is 0 Å². The summed E-state index contributed by atoms with van der Waals surface area (Å²) in [7, 11) is 0. The number of rotatable bonds is 2. The lowest BCUT2D eigenvalue weighted by molar-refractivity contribution is -0.108. The van der Waals surface area contributed by atoms with E-state index in [0.717, 1.165) is 18.3 Å². The monoisotopic (exact) mass is 214 g/mol. The van der Waals surface area contributed by atoms with Gasteiger partial charge in [-0.2, -0.15) is 0 Å². The van der Waals surface area contributed by atoms with Gasteiger partial charge in [-0.05, 0) is 30.0 Å². The number of carbonyl (C=O) groups excluding carboxylic acids is 1. The summed E-state index contributed by atoms with van der Waals surface area (Å²) in [4.78, 5) is 10.5. The second kappa shape index (κ2) is 3.32. The van der Waals surface area contributed by atoms with Crippen molar-refractivity contribution in [2.24, 2.45) is 5.92 Å². The van der Waals surface area contributed by atoms with Gasteiger partial charge in [-0.15, -0.1) is 0 Å². The molecule has 13 heavy (non-hydrogen) atoms. The molecule has 0 heterocycles. The molecule has 0 aliphatic heterocycles. The Balaban J connectivity index is 2.35. The number of halogens is 2. The fraction of sp³-hybridized carbons (Fsp3) is 0.300. The zero-order valence-electron chi connectivity index (χ0n) is 6.84. The van der Waals surface area contributed by atoms with Gasteiger partial charge in [0.2, 0.25) is 0 Å². The van der Waals surface area contributed by atoms with Gasteiger partial charge in [0.1, 0.15) is 6.29 Å². The first-order valence-electron chi connectivity index (χ1n) is 4.13. The van der Waals surface area contributed by atoms with Gasteiger partial charge in [0.05, 0.1) is 0 Å². The Bertz CT molecular complexity index is 329. The Morgan fingerprint density at radius 1 is 1.31 bits per heavy atom. The Morgan fingerprint density at radius 2 is 1.92 bits per heavy atom. The molecule has 0 radical (unpaired) electrons. The topological polar surface area (TPSA) is 17.1 Å². The second-order valence-electron chi connectivity index (χ2n) is 3.28. The highest BCUT2D eigenvalue weighted by Gasteiger charge is 2.40. The first-order valence-corrected chi connectivity index (χ1v) is 4.89. The molecule has 2 rings (SSSR count). The average molecular weight is 215 g/mol. The largest absolute Gasteiger partial charge is 0.303 e. The van der Waals surface area contributed by atoms with Gasteiger partial charge in [0.25, 0.3) is 0 Å². The third-order valence-electron chi connectivity index (χ3n) is 2.39. The minimum absolute atomic E-state index is 0.123.